The molecule has 0 bridgehead atoms. The lowest BCUT2D eigenvalue weighted by atomic mass is 10.2. The number of nitrogens with zero attached hydrogens (tertiary/aromatic N) is 1. The van der Waals surface area contributed by atoms with E-state index in [1.54, 1.807) is 24.3 Å². The zero-order chi connectivity index (χ0) is 14.0. The van der Waals surface area contributed by atoms with Gasteiger partial charge >= 0.3 is 12.0 Å². The van der Waals surface area contributed by atoms with Crippen LogP contribution in [0.5, 0.6) is 0 Å². The number of anilines is 1. The number of aliphatic hydroxyl groups excluding tert-OH is 1. The van der Waals surface area contributed by atoms with Crippen molar-refractivity contribution < 1.29 is 19.8 Å². The lowest BCUT2D eigenvalue weighted by Crippen LogP contribution is -2.43. The minimum absolute atomic E-state index is 0.00669. The molecule has 102 valence electrons. The summed E-state index contributed by atoms with van der Waals surface area (Å²) in [6.45, 7) is -0.00669. The molecule has 0 aromatic heterocycles. The number of aliphatic hydroxyl groups is 1. The van der Waals surface area contributed by atoms with Gasteiger partial charge < -0.3 is 20.4 Å². The van der Waals surface area contributed by atoms with Gasteiger partial charge in [0.05, 0.1) is 16.8 Å². The van der Waals surface area contributed by atoms with Crippen LogP contribution >= 0.6 is 11.6 Å². The standard InChI is InChI=1S/C12H13ClN2O4/c13-8-3-1-2-4-9(8)14-12(19)15-6-7(16)5-10(15)11(17)18/h1-4,7,10,16H,5-6H2,(H,14,19)(H,17,18)/t7?,10-/m0/s1. The van der Waals surface area contributed by atoms with Crippen molar-refractivity contribution in [2.75, 3.05) is 11.9 Å². The first-order valence-electron chi connectivity index (χ1n) is 5.72. The summed E-state index contributed by atoms with van der Waals surface area (Å²) in [5, 5.41) is 21.4. The number of carboxylic acids is 1. The van der Waals surface area contributed by atoms with E-state index >= 15 is 0 Å². The van der Waals surface area contributed by atoms with Crippen molar-refractivity contribution in [2.24, 2.45) is 0 Å². The first kappa shape index (κ1) is 13.6. The molecule has 1 aliphatic heterocycles. The number of aliphatic carboxylic acids is 1. The molecule has 0 radical (unpaired) electrons. The number of halogens is 1. The number of urea groups is 1. The van der Waals surface area contributed by atoms with Crippen molar-refractivity contribution in [3.05, 3.63) is 29.3 Å². The maximum absolute atomic E-state index is 12.0. The van der Waals surface area contributed by atoms with E-state index in [9.17, 15) is 14.7 Å². The summed E-state index contributed by atoms with van der Waals surface area (Å²) in [6.07, 6.45) is -0.788. The van der Waals surface area contributed by atoms with Crippen LogP contribution in [0.3, 0.4) is 0 Å². The molecule has 1 aromatic rings. The van der Waals surface area contributed by atoms with Crippen molar-refractivity contribution in [3.8, 4) is 0 Å². The fourth-order valence-electron chi connectivity index (χ4n) is 2.02. The van der Waals surface area contributed by atoms with E-state index < -0.39 is 24.1 Å². The molecule has 1 fully saturated rings. The second kappa shape index (κ2) is 5.46. The fraction of sp³-hybridized carbons (Fsp3) is 0.333. The van der Waals surface area contributed by atoms with Crippen molar-refractivity contribution >= 4 is 29.3 Å². The number of carbonyl (C=O) groups excluding carboxylic acids is 1. The molecule has 2 amide bonds. The predicted octanol–water partition coefficient (Wildman–Crippen LogP) is 1.39. The van der Waals surface area contributed by atoms with Crippen LogP contribution < -0.4 is 5.32 Å². The molecule has 7 heteroatoms. The van der Waals surface area contributed by atoms with Crippen molar-refractivity contribution in [1.29, 1.82) is 0 Å². The van der Waals surface area contributed by atoms with E-state index in [0.29, 0.717) is 10.7 Å². The average molecular weight is 285 g/mol. The van der Waals surface area contributed by atoms with Gasteiger partial charge in [0.2, 0.25) is 0 Å². The third-order valence-corrected chi connectivity index (χ3v) is 3.27. The number of likely N-dealkylation sites (tertiary alicyclic amines) is 1. The Balaban J connectivity index is 2.11. The zero-order valence-electron chi connectivity index (χ0n) is 9.91. The lowest BCUT2D eigenvalue weighted by molar-refractivity contribution is -0.141. The largest absolute Gasteiger partial charge is 0.480 e. The van der Waals surface area contributed by atoms with Crippen LogP contribution in [0.2, 0.25) is 5.02 Å². The number of carboxylic acid groups (broad SMARTS) is 1. The van der Waals surface area contributed by atoms with Crippen LogP contribution in [0.25, 0.3) is 0 Å². The van der Waals surface area contributed by atoms with E-state index in [-0.39, 0.29) is 13.0 Å². The Bertz CT molecular complexity index is 508. The summed E-state index contributed by atoms with van der Waals surface area (Å²) in [5.74, 6) is -1.13. The highest BCUT2D eigenvalue weighted by atomic mass is 35.5. The van der Waals surface area contributed by atoms with Crippen LogP contribution in [-0.2, 0) is 4.79 Å². The third-order valence-electron chi connectivity index (χ3n) is 2.94. The molecule has 2 rings (SSSR count). The maximum atomic E-state index is 12.0. The van der Waals surface area contributed by atoms with Gasteiger partial charge in [-0.3, -0.25) is 0 Å². The molecule has 0 saturated carbocycles. The summed E-state index contributed by atoms with van der Waals surface area (Å²) in [7, 11) is 0. The summed E-state index contributed by atoms with van der Waals surface area (Å²) < 4.78 is 0. The Morgan fingerprint density at radius 2 is 2.05 bits per heavy atom. The molecule has 0 aliphatic carbocycles. The molecule has 6 nitrogen and oxygen atoms in total. The first-order valence-corrected chi connectivity index (χ1v) is 6.10. The third kappa shape index (κ3) is 2.97. The molecule has 1 heterocycles. The van der Waals surface area contributed by atoms with E-state index in [1.807, 2.05) is 0 Å². The SMILES string of the molecule is O=C(O)[C@@H]1CC(O)CN1C(=O)Nc1ccccc1Cl. The Hall–Kier alpha value is -1.79. The van der Waals surface area contributed by atoms with Crippen LogP contribution in [0.4, 0.5) is 10.5 Å². The molecular formula is C12H13ClN2O4. The molecule has 1 unspecified atom stereocenters. The van der Waals surface area contributed by atoms with Gasteiger partial charge in [-0.05, 0) is 12.1 Å². The van der Waals surface area contributed by atoms with E-state index in [0.717, 1.165) is 4.90 Å². The van der Waals surface area contributed by atoms with Gasteiger partial charge in [0.1, 0.15) is 6.04 Å². The van der Waals surface area contributed by atoms with Crippen molar-refractivity contribution in [3.63, 3.8) is 0 Å². The summed E-state index contributed by atoms with van der Waals surface area (Å²) >= 11 is 5.90. The van der Waals surface area contributed by atoms with Crippen LogP contribution in [0, 0.1) is 0 Å². The highest BCUT2D eigenvalue weighted by Crippen LogP contribution is 2.23. The van der Waals surface area contributed by atoms with Crippen LogP contribution in [-0.4, -0.2) is 45.8 Å². The number of β-amino-alcohol motifs (C(OH)–C–C–N with tert-alkyl or cyclic N) is 1. The van der Waals surface area contributed by atoms with Gasteiger partial charge in [-0.15, -0.1) is 0 Å². The topological polar surface area (TPSA) is 89.9 Å². The number of hydrogen-bond donors (Lipinski definition) is 3. The normalized spacial score (nSPS) is 22.3. The van der Waals surface area contributed by atoms with E-state index in [4.69, 9.17) is 16.7 Å². The number of carbonyl (C=O) groups is 2. The van der Waals surface area contributed by atoms with Gasteiger partial charge in [0.25, 0.3) is 0 Å². The summed E-state index contributed by atoms with van der Waals surface area (Å²) in [5.41, 5.74) is 0.402. The number of benzene rings is 1. The average Bonchev–Trinajstić information content (AvgIpc) is 2.74. The number of hydrogen-bond acceptors (Lipinski definition) is 3. The highest BCUT2D eigenvalue weighted by molar-refractivity contribution is 6.33. The molecule has 1 saturated heterocycles. The Morgan fingerprint density at radius 3 is 2.68 bits per heavy atom. The minimum atomic E-state index is -1.13. The Labute approximate surface area is 114 Å². The fourth-order valence-corrected chi connectivity index (χ4v) is 2.20. The molecule has 3 N–H and O–H groups in total. The number of nitrogens with one attached hydrogen (secondary N) is 1. The predicted molar refractivity (Wildman–Crippen MR) is 69.2 cm³/mol. The maximum Gasteiger partial charge on any atom is 0.326 e. The Kier molecular flexibility index (Phi) is 3.92. The molecule has 0 spiro atoms. The second-order valence-corrected chi connectivity index (χ2v) is 4.71. The number of rotatable bonds is 2. The molecule has 2 atom stereocenters. The molecular weight excluding hydrogens is 272 g/mol. The number of amides is 2. The van der Waals surface area contributed by atoms with Gasteiger partial charge in [-0.1, -0.05) is 23.7 Å². The second-order valence-electron chi connectivity index (χ2n) is 4.31. The summed E-state index contributed by atoms with van der Waals surface area (Å²) in [6, 6.07) is 5.05. The highest BCUT2D eigenvalue weighted by Gasteiger charge is 2.39. The minimum Gasteiger partial charge on any atom is -0.480 e. The van der Waals surface area contributed by atoms with Gasteiger partial charge in [-0.2, -0.15) is 0 Å². The van der Waals surface area contributed by atoms with Gasteiger partial charge in [0, 0.05) is 13.0 Å². The van der Waals surface area contributed by atoms with E-state index in [2.05, 4.69) is 5.32 Å². The first-order chi connectivity index (χ1) is 8.99. The van der Waals surface area contributed by atoms with E-state index in [1.165, 1.54) is 0 Å². The zero-order valence-corrected chi connectivity index (χ0v) is 10.7. The van der Waals surface area contributed by atoms with Gasteiger partial charge in [-0.25, -0.2) is 9.59 Å². The Morgan fingerprint density at radius 1 is 1.37 bits per heavy atom. The lowest BCUT2D eigenvalue weighted by Gasteiger charge is -2.21. The molecule has 1 aliphatic rings. The van der Waals surface area contributed by atoms with Crippen LogP contribution in [0.1, 0.15) is 6.42 Å². The monoisotopic (exact) mass is 284 g/mol. The molecule has 1 aromatic carbocycles. The number of para-hydroxylation sites is 1. The van der Waals surface area contributed by atoms with Gasteiger partial charge in [0.15, 0.2) is 0 Å². The van der Waals surface area contributed by atoms with Crippen LogP contribution in [0.15, 0.2) is 24.3 Å². The molecule has 19 heavy (non-hydrogen) atoms. The quantitative estimate of drug-likeness (QED) is 0.765. The summed E-state index contributed by atoms with van der Waals surface area (Å²) in [4.78, 5) is 24.1. The smallest absolute Gasteiger partial charge is 0.326 e. The van der Waals surface area contributed by atoms with Crippen molar-refractivity contribution in [1.82, 2.24) is 4.90 Å². The van der Waals surface area contributed by atoms with Crippen molar-refractivity contribution in [2.45, 2.75) is 18.6 Å².